The highest BCUT2D eigenvalue weighted by atomic mass is 19.1. The van der Waals surface area contributed by atoms with Gasteiger partial charge >= 0.3 is 0 Å². The highest BCUT2D eigenvalue weighted by Crippen LogP contribution is 2.57. The minimum atomic E-state index is -0.938. The second-order valence-electron chi connectivity index (χ2n) is 7.24. The van der Waals surface area contributed by atoms with Crippen LogP contribution in [0.4, 0.5) is 8.78 Å². The fourth-order valence-electron chi connectivity index (χ4n) is 3.39. The minimum Gasteiger partial charge on any atom is -0.343 e. The van der Waals surface area contributed by atoms with Crippen molar-refractivity contribution in [1.82, 2.24) is 20.1 Å². The van der Waals surface area contributed by atoms with Crippen LogP contribution in [0.2, 0.25) is 0 Å². The monoisotopic (exact) mass is 332 g/mol. The molecule has 0 aromatic carbocycles. The van der Waals surface area contributed by atoms with E-state index in [-0.39, 0.29) is 5.91 Å². The van der Waals surface area contributed by atoms with Crippen LogP contribution < -0.4 is 5.32 Å². The number of carbonyl (C=O) groups excluding carboxylic acids is 1. The van der Waals surface area contributed by atoms with Gasteiger partial charge in [-0.15, -0.1) is 0 Å². The molecule has 1 N–H and O–H groups in total. The zero-order chi connectivity index (χ0) is 17.1. The van der Waals surface area contributed by atoms with Gasteiger partial charge in [0.15, 0.2) is 5.69 Å². The molecule has 5 nitrogen and oxygen atoms in total. The Balaban J connectivity index is 1.75. The van der Waals surface area contributed by atoms with Crippen molar-refractivity contribution < 1.29 is 13.6 Å². The molecule has 2 aliphatic carbocycles. The van der Waals surface area contributed by atoms with Gasteiger partial charge in [0.1, 0.15) is 6.67 Å². The van der Waals surface area contributed by atoms with E-state index in [1.807, 2.05) is 0 Å². The minimum absolute atomic E-state index is 0.336. The zero-order valence-electron chi connectivity index (χ0n) is 13.5. The first-order chi connectivity index (χ1) is 11.4. The van der Waals surface area contributed by atoms with Crippen LogP contribution in [-0.4, -0.2) is 32.9 Å². The molecule has 2 atom stereocenters. The Bertz CT molecular complexity index is 813. The molecule has 0 aliphatic heterocycles. The van der Waals surface area contributed by atoms with Crippen LogP contribution in [0.25, 0.3) is 5.69 Å². The summed E-state index contributed by atoms with van der Waals surface area (Å²) in [6.45, 7) is 2.60. The molecule has 7 heteroatoms. The Morgan fingerprint density at radius 2 is 2.25 bits per heavy atom. The fourth-order valence-corrected chi connectivity index (χ4v) is 3.39. The van der Waals surface area contributed by atoms with Crippen LogP contribution in [0, 0.1) is 11.9 Å². The van der Waals surface area contributed by atoms with Crippen molar-refractivity contribution in [3.63, 3.8) is 0 Å². The van der Waals surface area contributed by atoms with Gasteiger partial charge in [0.05, 0.1) is 23.1 Å². The van der Waals surface area contributed by atoms with Crippen molar-refractivity contribution >= 4 is 5.91 Å². The fraction of sp³-hybridized carbons (Fsp3) is 0.471. The highest BCUT2D eigenvalue weighted by molar-refractivity contribution is 5.95. The quantitative estimate of drug-likeness (QED) is 0.876. The largest absolute Gasteiger partial charge is 0.343 e. The molecule has 2 aromatic heterocycles. The third-order valence-corrected chi connectivity index (χ3v) is 4.72. The Morgan fingerprint density at radius 3 is 2.92 bits per heavy atom. The molecule has 0 unspecified atom stereocenters. The predicted octanol–water partition coefficient (Wildman–Crippen LogP) is 2.54. The molecule has 1 fully saturated rings. The van der Waals surface area contributed by atoms with Gasteiger partial charge in [0, 0.05) is 11.5 Å². The first-order valence-electron chi connectivity index (χ1n) is 8.02. The molecule has 0 bridgehead atoms. The van der Waals surface area contributed by atoms with Crippen molar-refractivity contribution in [2.45, 2.75) is 38.1 Å². The summed E-state index contributed by atoms with van der Waals surface area (Å²) >= 11 is 0. The molecule has 1 amide bonds. The normalized spacial score (nSPS) is 21.3. The summed E-state index contributed by atoms with van der Waals surface area (Å²) < 4.78 is 27.8. The summed E-state index contributed by atoms with van der Waals surface area (Å²) in [5.74, 6) is 0.0187. The van der Waals surface area contributed by atoms with Crippen molar-refractivity contribution in [3.05, 3.63) is 41.2 Å². The molecule has 2 heterocycles. The van der Waals surface area contributed by atoms with E-state index < -0.39 is 18.2 Å². The summed E-state index contributed by atoms with van der Waals surface area (Å²) in [6, 6.07) is 2.87. The molecular weight excluding hydrogens is 314 g/mol. The van der Waals surface area contributed by atoms with Crippen molar-refractivity contribution in [2.75, 3.05) is 6.67 Å². The van der Waals surface area contributed by atoms with Gasteiger partial charge in [-0.1, -0.05) is 0 Å². The average molecular weight is 332 g/mol. The number of pyridine rings is 1. The second-order valence-corrected chi connectivity index (χ2v) is 7.24. The van der Waals surface area contributed by atoms with Crippen LogP contribution in [-0.2, 0) is 6.42 Å². The highest BCUT2D eigenvalue weighted by Gasteiger charge is 2.50. The maximum Gasteiger partial charge on any atom is 0.272 e. The Hall–Kier alpha value is -2.31. The molecule has 24 heavy (non-hydrogen) atoms. The number of nitrogens with zero attached hydrogens (tertiary/aromatic N) is 3. The van der Waals surface area contributed by atoms with Crippen LogP contribution >= 0.6 is 0 Å². The van der Waals surface area contributed by atoms with Crippen molar-refractivity contribution in [2.24, 2.45) is 5.92 Å². The number of alkyl halides is 1. The zero-order valence-corrected chi connectivity index (χ0v) is 13.5. The molecular formula is C17H18F2N4O. The van der Waals surface area contributed by atoms with E-state index >= 15 is 0 Å². The number of halogens is 2. The average Bonchev–Trinajstić information content (AvgIpc) is 3.04. The lowest BCUT2D eigenvalue weighted by atomic mass is 10.1. The van der Waals surface area contributed by atoms with Gasteiger partial charge in [0.2, 0.25) is 5.95 Å². The maximum atomic E-state index is 13.1. The summed E-state index contributed by atoms with van der Waals surface area (Å²) in [5, 5.41) is 7.14. The number of hydrogen-bond acceptors (Lipinski definition) is 3. The van der Waals surface area contributed by atoms with Gasteiger partial charge in [0.25, 0.3) is 5.91 Å². The van der Waals surface area contributed by atoms with Crippen LogP contribution in [0.15, 0.2) is 18.3 Å². The third kappa shape index (κ3) is 2.39. The molecule has 2 aromatic rings. The lowest BCUT2D eigenvalue weighted by Gasteiger charge is -2.21. The van der Waals surface area contributed by atoms with E-state index in [1.54, 1.807) is 24.6 Å². The number of amides is 1. The molecule has 1 saturated carbocycles. The summed E-state index contributed by atoms with van der Waals surface area (Å²) in [5.41, 5.74) is 1.96. The number of fused-ring (bicyclic) bond motifs is 3. The summed E-state index contributed by atoms with van der Waals surface area (Å²) in [6.07, 6.45) is 3.31. The molecule has 2 aliphatic rings. The molecule has 0 spiro atoms. The topological polar surface area (TPSA) is 59.8 Å². The number of rotatable bonds is 4. The molecule has 0 radical (unpaired) electrons. The smallest absolute Gasteiger partial charge is 0.272 e. The lowest BCUT2D eigenvalue weighted by molar-refractivity contribution is 0.0893. The standard InChI is InChI=1S/C17H18F2N4O/c1-17(2,8-18)21-16(24)14-12-6-9-5-11(9)15(12)23(22-14)10-3-4-13(19)20-7-10/h3-4,7,9,11H,5-6,8H2,1-2H3,(H,21,24)/t9-,11-/m1/s1. The SMILES string of the molecule is CC(C)(CF)NC(=O)c1nn(-c2ccc(F)nc2)c2c1C[C@H]1C[C@@H]21. The van der Waals surface area contributed by atoms with E-state index in [2.05, 4.69) is 15.4 Å². The first kappa shape index (κ1) is 15.2. The molecule has 0 saturated heterocycles. The van der Waals surface area contributed by atoms with Crippen molar-refractivity contribution in [1.29, 1.82) is 0 Å². The Labute approximate surface area is 138 Å². The van der Waals surface area contributed by atoms with Crippen LogP contribution in [0.5, 0.6) is 0 Å². The Morgan fingerprint density at radius 1 is 1.46 bits per heavy atom. The van der Waals surface area contributed by atoms with E-state index in [1.165, 1.54) is 12.3 Å². The van der Waals surface area contributed by atoms with Gasteiger partial charge < -0.3 is 5.32 Å². The predicted molar refractivity (Wildman–Crippen MR) is 83.4 cm³/mol. The maximum absolute atomic E-state index is 13.1. The Kier molecular flexibility index (Phi) is 3.23. The van der Waals surface area contributed by atoms with E-state index in [4.69, 9.17) is 0 Å². The third-order valence-electron chi connectivity index (χ3n) is 4.72. The van der Waals surface area contributed by atoms with Gasteiger partial charge in [-0.05, 0) is 44.7 Å². The number of aromatic nitrogens is 3. The summed E-state index contributed by atoms with van der Waals surface area (Å²) in [7, 11) is 0. The van der Waals surface area contributed by atoms with Crippen molar-refractivity contribution in [3.8, 4) is 5.69 Å². The van der Waals surface area contributed by atoms with Gasteiger partial charge in [-0.3, -0.25) is 4.79 Å². The van der Waals surface area contributed by atoms with E-state index in [9.17, 15) is 13.6 Å². The molecule has 126 valence electrons. The van der Waals surface area contributed by atoms with E-state index in [0.29, 0.717) is 23.2 Å². The first-order valence-corrected chi connectivity index (χ1v) is 8.02. The van der Waals surface area contributed by atoms with Crippen LogP contribution in [0.3, 0.4) is 0 Å². The van der Waals surface area contributed by atoms with Crippen LogP contribution in [0.1, 0.15) is 47.9 Å². The summed E-state index contributed by atoms with van der Waals surface area (Å²) in [4.78, 5) is 16.2. The van der Waals surface area contributed by atoms with Gasteiger partial charge in [-0.25, -0.2) is 14.1 Å². The lowest BCUT2D eigenvalue weighted by Crippen LogP contribution is -2.45. The second kappa shape index (κ2) is 5.09. The number of carbonyl (C=O) groups is 1. The molecule has 4 rings (SSSR count). The van der Waals surface area contributed by atoms with Gasteiger partial charge in [-0.2, -0.15) is 9.49 Å². The number of nitrogens with one attached hydrogen (secondary N) is 1. The van der Waals surface area contributed by atoms with E-state index in [0.717, 1.165) is 24.1 Å². The number of hydrogen-bond donors (Lipinski definition) is 1.